The van der Waals surface area contributed by atoms with Crippen LogP contribution in [0, 0.1) is 0 Å². The first-order valence-electron chi connectivity index (χ1n) is 11.2. The van der Waals surface area contributed by atoms with Gasteiger partial charge < -0.3 is 19.6 Å². The van der Waals surface area contributed by atoms with Crippen LogP contribution < -0.4 is 4.90 Å². The summed E-state index contributed by atoms with van der Waals surface area (Å²) in [6.07, 6.45) is 4.85. The third-order valence-corrected chi connectivity index (χ3v) is 6.54. The second-order valence-electron chi connectivity index (χ2n) is 8.93. The predicted molar refractivity (Wildman–Crippen MR) is 115 cm³/mol. The molecule has 1 aromatic rings. The Morgan fingerprint density at radius 2 is 1.87 bits per heavy atom. The van der Waals surface area contributed by atoms with Gasteiger partial charge in [0.25, 0.3) is 0 Å². The molecule has 31 heavy (non-hydrogen) atoms. The number of carbonyl (C=O) groups excluding carboxylic acids is 3. The number of hydrogen-bond donors (Lipinski definition) is 0. The number of likely N-dealkylation sites (tertiary alicyclic amines) is 2. The van der Waals surface area contributed by atoms with Gasteiger partial charge in [-0.15, -0.1) is 0 Å². The number of aromatic nitrogens is 2. The molecular formula is C22H32N6O3. The highest BCUT2D eigenvalue weighted by molar-refractivity contribution is 5.86. The topological polar surface area (TPSA) is 90.0 Å². The van der Waals surface area contributed by atoms with Crippen molar-refractivity contribution in [2.45, 2.75) is 58.0 Å². The van der Waals surface area contributed by atoms with Crippen LogP contribution in [0.1, 0.15) is 62.2 Å². The number of carbonyl (C=O) groups is 3. The summed E-state index contributed by atoms with van der Waals surface area (Å²) in [5.41, 5.74) is 1.96. The monoisotopic (exact) mass is 428 g/mol. The molecule has 2 fully saturated rings. The lowest BCUT2D eigenvalue weighted by Crippen LogP contribution is -2.45. The predicted octanol–water partition coefficient (Wildman–Crippen LogP) is 1.12. The van der Waals surface area contributed by atoms with E-state index < -0.39 is 0 Å². The van der Waals surface area contributed by atoms with Crippen molar-refractivity contribution in [2.24, 2.45) is 0 Å². The Bertz CT molecular complexity index is 886. The van der Waals surface area contributed by atoms with Crippen LogP contribution in [0.5, 0.6) is 0 Å². The van der Waals surface area contributed by atoms with Crippen molar-refractivity contribution < 1.29 is 14.4 Å². The van der Waals surface area contributed by atoms with Crippen LogP contribution in [0.4, 0.5) is 5.82 Å². The molecule has 0 aromatic carbocycles. The van der Waals surface area contributed by atoms with Gasteiger partial charge in [-0.3, -0.25) is 14.4 Å². The molecule has 4 heterocycles. The van der Waals surface area contributed by atoms with Gasteiger partial charge in [0, 0.05) is 59.1 Å². The smallest absolute Gasteiger partial charge is 0.242 e. The van der Waals surface area contributed by atoms with E-state index in [0.29, 0.717) is 44.8 Å². The Hall–Kier alpha value is -2.71. The molecule has 0 spiro atoms. The second kappa shape index (κ2) is 8.80. The van der Waals surface area contributed by atoms with Gasteiger partial charge in [-0.1, -0.05) is 0 Å². The third kappa shape index (κ3) is 4.36. The maximum atomic E-state index is 13.1. The molecule has 0 N–H and O–H groups in total. The molecule has 3 aliphatic heterocycles. The molecule has 1 aromatic heterocycles. The van der Waals surface area contributed by atoms with Crippen molar-refractivity contribution in [1.29, 1.82) is 0 Å². The minimum atomic E-state index is -0.172. The molecule has 0 saturated carbocycles. The fourth-order valence-electron chi connectivity index (χ4n) is 4.83. The fraction of sp³-hybridized carbons (Fsp3) is 0.682. The summed E-state index contributed by atoms with van der Waals surface area (Å²) < 4.78 is 0. The summed E-state index contributed by atoms with van der Waals surface area (Å²) in [5, 5.41) is 0. The second-order valence-corrected chi connectivity index (χ2v) is 8.93. The van der Waals surface area contributed by atoms with Crippen molar-refractivity contribution in [2.75, 3.05) is 45.2 Å². The number of hydrogen-bond acceptors (Lipinski definition) is 6. The van der Waals surface area contributed by atoms with Crippen molar-refractivity contribution >= 4 is 23.5 Å². The van der Waals surface area contributed by atoms with Gasteiger partial charge >= 0.3 is 0 Å². The van der Waals surface area contributed by atoms with Crippen molar-refractivity contribution in [3.8, 4) is 0 Å². The maximum Gasteiger partial charge on any atom is 0.242 e. The Kier molecular flexibility index (Phi) is 6.11. The van der Waals surface area contributed by atoms with Crippen molar-refractivity contribution in [3.05, 3.63) is 17.1 Å². The Morgan fingerprint density at radius 1 is 1.06 bits per heavy atom. The Labute approximate surface area is 183 Å². The average Bonchev–Trinajstić information content (AvgIpc) is 3.16. The van der Waals surface area contributed by atoms with Crippen LogP contribution in [0.15, 0.2) is 0 Å². The minimum Gasteiger partial charge on any atom is -0.362 e. The van der Waals surface area contributed by atoms with E-state index in [-0.39, 0.29) is 30.3 Å². The van der Waals surface area contributed by atoms with Crippen LogP contribution in [0.25, 0.3) is 0 Å². The molecule has 0 aliphatic carbocycles. The SMILES string of the molecule is CC(=O)N1CCc2nc([C@@H]3CCCCN3C(=O)CN3CCCC3=O)nc(N(C)C)c2C1. The normalized spacial score (nSPS) is 21.3. The summed E-state index contributed by atoms with van der Waals surface area (Å²) in [5.74, 6) is 1.60. The molecule has 1 atom stereocenters. The molecule has 9 nitrogen and oxygen atoms in total. The van der Waals surface area contributed by atoms with Crippen LogP contribution >= 0.6 is 0 Å². The molecule has 0 bridgehead atoms. The summed E-state index contributed by atoms with van der Waals surface area (Å²) >= 11 is 0. The zero-order valence-electron chi connectivity index (χ0n) is 18.8. The number of nitrogens with zero attached hydrogens (tertiary/aromatic N) is 6. The number of anilines is 1. The minimum absolute atomic E-state index is 0.0181. The molecule has 3 aliphatic rings. The first-order chi connectivity index (χ1) is 14.8. The lowest BCUT2D eigenvalue weighted by Gasteiger charge is -2.37. The first kappa shape index (κ1) is 21.5. The van der Waals surface area contributed by atoms with Crippen molar-refractivity contribution in [3.63, 3.8) is 0 Å². The standard InChI is InChI=1S/C22H32N6O3/c1-15(29)26-12-9-17-16(13-26)22(25(2)3)24-21(23-17)18-7-4-5-11-28(18)20(31)14-27-10-6-8-19(27)30/h18H,4-14H2,1-3H3/t18-/m0/s1. The van der Waals surface area contributed by atoms with E-state index in [1.807, 2.05) is 28.8 Å². The molecule has 168 valence electrons. The first-order valence-corrected chi connectivity index (χ1v) is 11.2. The number of amides is 3. The molecule has 0 unspecified atom stereocenters. The summed E-state index contributed by atoms with van der Waals surface area (Å²) in [4.78, 5) is 54.1. The fourth-order valence-corrected chi connectivity index (χ4v) is 4.83. The average molecular weight is 429 g/mol. The number of rotatable bonds is 4. The van der Waals surface area contributed by atoms with Gasteiger partial charge in [-0.2, -0.15) is 0 Å². The van der Waals surface area contributed by atoms with E-state index in [1.165, 1.54) is 0 Å². The molecule has 2 saturated heterocycles. The zero-order valence-corrected chi connectivity index (χ0v) is 18.8. The summed E-state index contributed by atoms with van der Waals surface area (Å²) in [6, 6.07) is -0.172. The van der Waals surface area contributed by atoms with Crippen LogP contribution in [0.3, 0.4) is 0 Å². The van der Waals surface area contributed by atoms with E-state index in [0.717, 1.165) is 42.8 Å². The van der Waals surface area contributed by atoms with E-state index >= 15 is 0 Å². The highest BCUT2D eigenvalue weighted by atomic mass is 16.2. The van der Waals surface area contributed by atoms with Crippen LogP contribution in [0.2, 0.25) is 0 Å². The molecule has 3 amide bonds. The number of fused-ring (bicyclic) bond motifs is 1. The van der Waals surface area contributed by atoms with Gasteiger partial charge in [0.05, 0.1) is 24.8 Å². The van der Waals surface area contributed by atoms with E-state index in [1.54, 1.807) is 11.8 Å². The number of piperidine rings is 1. The van der Waals surface area contributed by atoms with E-state index in [2.05, 4.69) is 0 Å². The van der Waals surface area contributed by atoms with E-state index in [9.17, 15) is 14.4 Å². The lowest BCUT2D eigenvalue weighted by atomic mass is 9.99. The zero-order chi connectivity index (χ0) is 22.1. The van der Waals surface area contributed by atoms with Gasteiger partial charge in [0.2, 0.25) is 17.7 Å². The summed E-state index contributed by atoms with van der Waals surface area (Å²) in [7, 11) is 3.89. The largest absolute Gasteiger partial charge is 0.362 e. The van der Waals surface area contributed by atoms with Gasteiger partial charge in [-0.25, -0.2) is 9.97 Å². The third-order valence-electron chi connectivity index (χ3n) is 6.54. The molecular weight excluding hydrogens is 396 g/mol. The Morgan fingerprint density at radius 3 is 2.55 bits per heavy atom. The molecule has 0 radical (unpaired) electrons. The highest BCUT2D eigenvalue weighted by Gasteiger charge is 2.34. The van der Waals surface area contributed by atoms with Gasteiger partial charge in [0.1, 0.15) is 5.82 Å². The van der Waals surface area contributed by atoms with Crippen LogP contribution in [-0.4, -0.2) is 82.7 Å². The Balaban J connectivity index is 1.62. The van der Waals surface area contributed by atoms with Gasteiger partial charge in [-0.05, 0) is 25.7 Å². The summed E-state index contributed by atoms with van der Waals surface area (Å²) in [6.45, 7) is 4.23. The van der Waals surface area contributed by atoms with Crippen molar-refractivity contribution in [1.82, 2.24) is 24.7 Å². The van der Waals surface area contributed by atoms with Gasteiger partial charge in [0.15, 0.2) is 5.82 Å². The highest BCUT2D eigenvalue weighted by Crippen LogP contribution is 2.33. The maximum absolute atomic E-state index is 13.1. The van der Waals surface area contributed by atoms with E-state index in [4.69, 9.17) is 9.97 Å². The lowest BCUT2D eigenvalue weighted by molar-refractivity contribution is -0.141. The molecule has 4 rings (SSSR count). The van der Waals surface area contributed by atoms with Crippen LogP contribution in [-0.2, 0) is 27.3 Å². The molecule has 9 heteroatoms. The quantitative estimate of drug-likeness (QED) is 0.714.